The molecular weight excluding hydrogens is 313 g/mol. The molecule has 5 rings (SSSR count). The fraction of sp³-hybridized carbons (Fsp3) is 0.0952. The second kappa shape index (κ2) is 5.45. The van der Waals surface area contributed by atoms with E-state index in [9.17, 15) is 4.39 Å². The molecule has 0 radical (unpaired) electrons. The standard InChI is InChI=1S/C21H16FN3/c22-15-8-10-16(11-9-15)25-21-19(12-13-23-21)20(24-25)18-7-3-5-14-4-1-2-6-17(14)18/h1-11,23H,12-13H2. The summed E-state index contributed by atoms with van der Waals surface area (Å²) in [5.74, 6) is 0.768. The van der Waals surface area contributed by atoms with Crippen LogP contribution in [0.1, 0.15) is 5.56 Å². The molecule has 0 aliphatic carbocycles. The fourth-order valence-corrected chi connectivity index (χ4v) is 3.59. The van der Waals surface area contributed by atoms with Gasteiger partial charge >= 0.3 is 0 Å². The van der Waals surface area contributed by atoms with Gasteiger partial charge in [0.05, 0.1) is 11.4 Å². The molecule has 0 saturated carbocycles. The van der Waals surface area contributed by atoms with Crippen LogP contribution in [0.25, 0.3) is 27.7 Å². The summed E-state index contributed by atoms with van der Waals surface area (Å²) < 4.78 is 15.2. The van der Waals surface area contributed by atoms with Gasteiger partial charge in [0.1, 0.15) is 11.6 Å². The van der Waals surface area contributed by atoms with Gasteiger partial charge in [0.25, 0.3) is 0 Å². The summed E-state index contributed by atoms with van der Waals surface area (Å²) in [6.07, 6.45) is 0.940. The minimum atomic E-state index is -0.241. The lowest BCUT2D eigenvalue weighted by Crippen LogP contribution is -2.04. The van der Waals surface area contributed by atoms with Crippen LogP contribution in [0.3, 0.4) is 0 Å². The van der Waals surface area contributed by atoms with E-state index in [1.54, 1.807) is 12.1 Å². The number of halogens is 1. The summed E-state index contributed by atoms with van der Waals surface area (Å²) in [7, 11) is 0. The third-order valence-corrected chi connectivity index (χ3v) is 4.77. The van der Waals surface area contributed by atoms with Crippen LogP contribution in [0.2, 0.25) is 0 Å². The molecule has 122 valence electrons. The van der Waals surface area contributed by atoms with E-state index in [1.165, 1.54) is 28.5 Å². The predicted molar refractivity (Wildman–Crippen MR) is 98.7 cm³/mol. The van der Waals surface area contributed by atoms with Crippen LogP contribution in [0.5, 0.6) is 0 Å². The smallest absolute Gasteiger partial charge is 0.133 e. The summed E-state index contributed by atoms with van der Waals surface area (Å²) in [6.45, 7) is 0.895. The minimum absolute atomic E-state index is 0.241. The van der Waals surface area contributed by atoms with E-state index in [0.717, 1.165) is 35.7 Å². The van der Waals surface area contributed by atoms with Gasteiger partial charge in [-0.05, 0) is 41.5 Å². The molecule has 2 heterocycles. The second-order valence-electron chi connectivity index (χ2n) is 6.27. The van der Waals surface area contributed by atoms with Crippen molar-refractivity contribution in [2.75, 3.05) is 11.9 Å². The number of benzene rings is 3. The first kappa shape index (κ1) is 14.2. The summed E-state index contributed by atoms with van der Waals surface area (Å²) in [5, 5.41) is 10.7. The van der Waals surface area contributed by atoms with Crippen LogP contribution < -0.4 is 5.32 Å². The molecule has 0 fully saturated rings. The van der Waals surface area contributed by atoms with Crippen molar-refractivity contribution in [3.63, 3.8) is 0 Å². The Bertz CT molecular complexity index is 1070. The molecule has 1 N–H and O–H groups in total. The number of nitrogens with zero attached hydrogens (tertiary/aromatic N) is 2. The Hall–Kier alpha value is -3.14. The SMILES string of the molecule is Fc1ccc(-n2nc(-c3cccc4ccccc34)c3c2NCC3)cc1. The van der Waals surface area contributed by atoms with Gasteiger partial charge < -0.3 is 5.32 Å². The molecule has 25 heavy (non-hydrogen) atoms. The van der Waals surface area contributed by atoms with E-state index in [-0.39, 0.29) is 5.82 Å². The Kier molecular flexibility index (Phi) is 3.10. The predicted octanol–water partition coefficient (Wildman–Crippen LogP) is 4.80. The van der Waals surface area contributed by atoms with Gasteiger partial charge in [-0.15, -0.1) is 0 Å². The van der Waals surface area contributed by atoms with Gasteiger partial charge in [-0.2, -0.15) is 5.10 Å². The van der Waals surface area contributed by atoms with Gasteiger partial charge in [0.15, 0.2) is 0 Å². The van der Waals surface area contributed by atoms with Gasteiger partial charge in [-0.3, -0.25) is 0 Å². The third kappa shape index (κ3) is 2.22. The lowest BCUT2D eigenvalue weighted by atomic mass is 9.99. The van der Waals surface area contributed by atoms with Crippen molar-refractivity contribution < 1.29 is 4.39 Å². The molecule has 3 aromatic carbocycles. The quantitative estimate of drug-likeness (QED) is 0.572. The normalized spacial score (nSPS) is 13.0. The largest absolute Gasteiger partial charge is 0.369 e. The number of nitrogens with one attached hydrogen (secondary N) is 1. The summed E-state index contributed by atoms with van der Waals surface area (Å²) in [5.41, 5.74) is 4.22. The van der Waals surface area contributed by atoms with Crippen LogP contribution in [-0.2, 0) is 6.42 Å². The van der Waals surface area contributed by atoms with E-state index >= 15 is 0 Å². The highest BCUT2D eigenvalue weighted by molar-refractivity contribution is 5.97. The van der Waals surface area contributed by atoms with E-state index in [1.807, 2.05) is 4.68 Å². The molecule has 0 atom stereocenters. The Morgan fingerprint density at radius 2 is 1.72 bits per heavy atom. The van der Waals surface area contributed by atoms with Gasteiger partial charge in [0.2, 0.25) is 0 Å². The Labute approximate surface area is 144 Å². The third-order valence-electron chi connectivity index (χ3n) is 4.77. The number of anilines is 1. The molecule has 0 amide bonds. The molecule has 0 spiro atoms. The Balaban J connectivity index is 1.75. The number of hydrogen-bond acceptors (Lipinski definition) is 2. The van der Waals surface area contributed by atoms with Crippen LogP contribution in [0, 0.1) is 5.82 Å². The lowest BCUT2D eigenvalue weighted by molar-refractivity contribution is 0.627. The minimum Gasteiger partial charge on any atom is -0.369 e. The molecule has 4 aromatic rings. The molecular formula is C21H16FN3. The molecule has 0 saturated heterocycles. The highest BCUT2D eigenvalue weighted by Gasteiger charge is 2.24. The van der Waals surface area contributed by atoms with Crippen molar-refractivity contribution in [1.29, 1.82) is 0 Å². The van der Waals surface area contributed by atoms with Crippen molar-refractivity contribution in [3.05, 3.63) is 78.1 Å². The maximum atomic E-state index is 13.3. The summed E-state index contributed by atoms with van der Waals surface area (Å²) in [6, 6.07) is 21.1. The highest BCUT2D eigenvalue weighted by atomic mass is 19.1. The zero-order chi connectivity index (χ0) is 16.8. The highest BCUT2D eigenvalue weighted by Crippen LogP contribution is 2.37. The molecule has 3 nitrogen and oxygen atoms in total. The summed E-state index contributed by atoms with van der Waals surface area (Å²) >= 11 is 0. The van der Waals surface area contributed by atoms with Crippen molar-refractivity contribution >= 4 is 16.6 Å². The zero-order valence-electron chi connectivity index (χ0n) is 13.5. The average Bonchev–Trinajstić information content (AvgIpc) is 3.25. The van der Waals surface area contributed by atoms with Gasteiger partial charge in [0, 0.05) is 17.7 Å². The molecule has 0 unspecified atom stereocenters. The van der Waals surface area contributed by atoms with Crippen molar-refractivity contribution in [1.82, 2.24) is 9.78 Å². The maximum Gasteiger partial charge on any atom is 0.133 e. The van der Waals surface area contributed by atoms with Crippen LogP contribution in [-0.4, -0.2) is 16.3 Å². The van der Waals surface area contributed by atoms with Crippen LogP contribution >= 0.6 is 0 Å². The Morgan fingerprint density at radius 3 is 2.60 bits per heavy atom. The number of aromatic nitrogens is 2. The summed E-state index contributed by atoms with van der Waals surface area (Å²) in [4.78, 5) is 0. The first-order chi connectivity index (χ1) is 12.3. The Morgan fingerprint density at radius 1 is 0.920 bits per heavy atom. The topological polar surface area (TPSA) is 29.9 Å². The second-order valence-corrected chi connectivity index (χ2v) is 6.27. The first-order valence-electron chi connectivity index (χ1n) is 8.41. The van der Waals surface area contributed by atoms with E-state index in [4.69, 9.17) is 5.10 Å². The molecule has 4 heteroatoms. The number of rotatable bonds is 2. The monoisotopic (exact) mass is 329 g/mol. The van der Waals surface area contributed by atoms with Gasteiger partial charge in [-0.25, -0.2) is 9.07 Å². The van der Waals surface area contributed by atoms with Crippen molar-refractivity contribution in [3.8, 4) is 16.9 Å². The van der Waals surface area contributed by atoms with Crippen LogP contribution in [0.4, 0.5) is 10.2 Å². The number of hydrogen-bond donors (Lipinski definition) is 1. The van der Waals surface area contributed by atoms with Crippen molar-refractivity contribution in [2.45, 2.75) is 6.42 Å². The van der Waals surface area contributed by atoms with Crippen LogP contribution in [0.15, 0.2) is 66.7 Å². The van der Waals surface area contributed by atoms with E-state index < -0.39 is 0 Å². The van der Waals surface area contributed by atoms with E-state index in [2.05, 4.69) is 47.8 Å². The van der Waals surface area contributed by atoms with Gasteiger partial charge in [-0.1, -0.05) is 42.5 Å². The molecule has 1 aromatic heterocycles. The lowest BCUT2D eigenvalue weighted by Gasteiger charge is -2.07. The molecule has 0 bridgehead atoms. The maximum absolute atomic E-state index is 13.3. The fourth-order valence-electron chi connectivity index (χ4n) is 3.59. The molecule has 1 aliphatic heterocycles. The van der Waals surface area contributed by atoms with Crippen molar-refractivity contribution in [2.24, 2.45) is 0 Å². The number of fused-ring (bicyclic) bond motifs is 2. The first-order valence-corrected chi connectivity index (χ1v) is 8.41. The molecule has 1 aliphatic rings. The average molecular weight is 329 g/mol. The van der Waals surface area contributed by atoms with E-state index in [0.29, 0.717) is 0 Å². The zero-order valence-corrected chi connectivity index (χ0v) is 13.5.